The molecule has 17 heavy (non-hydrogen) atoms. The number of hydrogen-bond donors (Lipinski definition) is 2. The van der Waals surface area contributed by atoms with E-state index >= 15 is 0 Å². The van der Waals surface area contributed by atoms with Crippen LogP contribution in [0, 0.1) is 5.82 Å². The zero-order valence-electron chi connectivity index (χ0n) is 9.20. The number of nitrogens with one attached hydrogen (secondary N) is 1. The van der Waals surface area contributed by atoms with Crippen LogP contribution in [0.4, 0.5) is 4.39 Å². The fraction of sp³-hybridized carbons (Fsp3) is 0.167. The third-order valence-electron chi connectivity index (χ3n) is 2.45. The molecule has 2 N–H and O–H groups in total. The van der Waals surface area contributed by atoms with Gasteiger partial charge in [0.15, 0.2) is 0 Å². The van der Waals surface area contributed by atoms with E-state index in [2.05, 4.69) is 9.97 Å². The summed E-state index contributed by atoms with van der Waals surface area (Å²) in [4.78, 5) is 17.6. The predicted molar refractivity (Wildman–Crippen MR) is 60.3 cm³/mol. The van der Waals surface area contributed by atoms with Crippen LogP contribution in [-0.2, 0) is 6.42 Å². The van der Waals surface area contributed by atoms with E-state index in [1.165, 1.54) is 12.1 Å². The van der Waals surface area contributed by atoms with Gasteiger partial charge in [0.1, 0.15) is 5.82 Å². The number of nitrogens with zero attached hydrogens (tertiary/aromatic N) is 1. The second-order valence-electron chi connectivity index (χ2n) is 3.58. The normalized spacial score (nSPS) is 10.5. The Morgan fingerprint density at radius 3 is 2.59 bits per heavy atom. The Hall–Kier alpha value is -2.17. The minimum Gasteiger partial charge on any atom is -0.475 e. The molecule has 4 nitrogen and oxygen atoms in total. The molecule has 0 aliphatic rings. The highest BCUT2D eigenvalue weighted by atomic mass is 19.1. The van der Waals surface area contributed by atoms with Gasteiger partial charge in [0.2, 0.25) is 5.82 Å². The number of aromatic amines is 1. The molecule has 5 heteroatoms. The van der Waals surface area contributed by atoms with Crippen molar-refractivity contribution in [3.8, 4) is 11.3 Å². The molecule has 0 spiro atoms. The summed E-state index contributed by atoms with van der Waals surface area (Å²) in [6.07, 6.45) is 0.632. The average molecular weight is 234 g/mol. The van der Waals surface area contributed by atoms with Gasteiger partial charge in [-0.2, -0.15) is 0 Å². The van der Waals surface area contributed by atoms with E-state index in [1.54, 1.807) is 12.1 Å². The number of carboxylic acid groups (broad SMARTS) is 1. The van der Waals surface area contributed by atoms with E-state index in [1.807, 2.05) is 6.92 Å². The first-order valence-electron chi connectivity index (χ1n) is 5.20. The van der Waals surface area contributed by atoms with Crippen molar-refractivity contribution < 1.29 is 14.3 Å². The van der Waals surface area contributed by atoms with E-state index in [4.69, 9.17) is 5.11 Å². The van der Waals surface area contributed by atoms with Crippen LogP contribution in [0.15, 0.2) is 24.3 Å². The number of H-pyrrole nitrogens is 1. The fourth-order valence-corrected chi connectivity index (χ4v) is 1.61. The minimum atomic E-state index is -1.10. The molecule has 0 fully saturated rings. The van der Waals surface area contributed by atoms with Crippen molar-refractivity contribution in [1.82, 2.24) is 9.97 Å². The van der Waals surface area contributed by atoms with Gasteiger partial charge in [-0.15, -0.1) is 0 Å². The first-order chi connectivity index (χ1) is 8.11. The molecule has 1 aromatic heterocycles. The maximum atomic E-state index is 12.8. The fourth-order valence-electron chi connectivity index (χ4n) is 1.61. The third-order valence-corrected chi connectivity index (χ3v) is 2.45. The molecule has 0 aliphatic heterocycles. The molecule has 0 bridgehead atoms. The van der Waals surface area contributed by atoms with Crippen LogP contribution in [0.5, 0.6) is 0 Å². The first kappa shape index (κ1) is 11.3. The maximum Gasteiger partial charge on any atom is 0.371 e. The number of halogens is 1. The molecule has 0 atom stereocenters. The van der Waals surface area contributed by atoms with Gasteiger partial charge in [0.05, 0.1) is 5.69 Å². The molecule has 0 aliphatic carbocycles. The summed E-state index contributed by atoms with van der Waals surface area (Å²) >= 11 is 0. The lowest BCUT2D eigenvalue weighted by Gasteiger charge is -1.99. The third kappa shape index (κ3) is 2.18. The topological polar surface area (TPSA) is 66.0 Å². The number of hydrogen-bond acceptors (Lipinski definition) is 2. The minimum absolute atomic E-state index is 0.0961. The summed E-state index contributed by atoms with van der Waals surface area (Å²) in [5.41, 5.74) is 1.99. The highest BCUT2D eigenvalue weighted by Crippen LogP contribution is 2.22. The maximum absolute atomic E-state index is 12.8. The molecule has 1 heterocycles. The molecule has 0 saturated carbocycles. The van der Waals surface area contributed by atoms with Crippen LogP contribution in [0.25, 0.3) is 11.3 Å². The van der Waals surface area contributed by atoms with Crippen molar-refractivity contribution in [2.75, 3.05) is 0 Å². The van der Waals surface area contributed by atoms with E-state index in [0.29, 0.717) is 17.7 Å². The summed E-state index contributed by atoms with van der Waals surface area (Å²) < 4.78 is 12.8. The quantitative estimate of drug-likeness (QED) is 0.857. The van der Waals surface area contributed by atoms with Crippen LogP contribution in [0.1, 0.15) is 23.2 Å². The lowest BCUT2D eigenvalue weighted by molar-refractivity contribution is 0.0684. The highest BCUT2D eigenvalue weighted by Gasteiger charge is 2.14. The Kier molecular flexibility index (Phi) is 2.91. The average Bonchev–Trinajstić information content (AvgIpc) is 2.74. The van der Waals surface area contributed by atoms with Crippen molar-refractivity contribution in [2.24, 2.45) is 0 Å². The second-order valence-corrected chi connectivity index (χ2v) is 3.58. The van der Waals surface area contributed by atoms with Crippen molar-refractivity contribution in [3.63, 3.8) is 0 Å². The van der Waals surface area contributed by atoms with E-state index in [0.717, 1.165) is 5.69 Å². The molecule has 0 radical (unpaired) electrons. The number of aromatic carboxylic acids is 1. The van der Waals surface area contributed by atoms with Crippen molar-refractivity contribution in [2.45, 2.75) is 13.3 Å². The number of imidazole rings is 1. The van der Waals surface area contributed by atoms with Gasteiger partial charge >= 0.3 is 5.97 Å². The van der Waals surface area contributed by atoms with Gasteiger partial charge in [-0.25, -0.2) is 14.2 Å². The van der Waals surface area contributed by atoms with Crippen LogP contribution < -0.4 is 0 Å². The van der Waals surface area contributed by atoms with Crippen LogP contribution in [0.3, 0.4) is 0 Å². The van der Waals surface area contributed by atoms with E-state index in [-0.39, 0.29) is 11.6 Å². The molecule has 2 aromatic rings. The number of benzene rings is 1. The number of carboxylic acids is 1. The molecule has 0 unspecified atom stereocenters. The lowest BCUT2D eigenvalue weighted by Crippen LogP contribution is -1.98. The van der Waals surface area contributed by atoms with E-state index < -0.39 is 5.97 Å². The summed E-state index contributed by atoms with van der Waals surface area (Å²) in [6.45, 7) is 1.90. The molecule has 1 aromatic carbocycles. The molecule has 0 amide bonds. The van der Waals surface area contributed by atoms with Gasteiger partial charge in [0.25, 0.3) is 0 Å². The van der Waals surface area contributed by atoms with Crippen LogP contribution >= 0.6 is 0 Å². The molecular weight excluding hydrogens is 223 g/mol. The number of rotatable bonds is 3. The lowest BCUT2D eigenvalue weighted by atomic mass is 10.1. The summed E-state index contributed by atoms with van der Waals surface area (Å²) in [5, 5.41) is 8.86. The van der Waals surface area contributed by atoms with Gasteiger partial charge in [-0.3, -0.25) is 0 Å². The standard InChI is InChI=1S/C12H11FN2O2/c1-2-9-10(15-11(14-9)12(16)17)7-3-5-8(13)6-4-7/h3-6H,2H2,1H3,(H,14,15)(H,16,17). The van der Waals surface area contributed by atoms with Crippen molar-refractivity contribution >= 4 is 5.97 Å². The summed E-state index contributed by atoms with van der Waals surface area (Å²) in [6, 6.07) is 5.81. The van der Waals surface area contributed by atoms with Crippen molar-refractivity contribution in [1.29, 1.82) is 0 Å². The largest absolute Gasteiger partial charge is 0.475 e. The Labute approximate surface area is 97.1 Å². The summed E-state index contributed by atoms with van der Waals surface area (Å²) in [7, 11) is 0. The zero-order valence-corrected chi connectivity index (χ0v) is 9.20. The molecule has 0 saturated heterocycles. The van der Waals surface area contributed by atoms with Crippen molar-refractivity contribution in [3.05, 3.63) is 41.6 Å². The number of aromatic nitrogens is 2. The van der Waals surface area contributed by atoms with E-state index in [9.17, 15) is 9.18 Å². The Bertz CT molecular complexity index is 546. The highest BCUT2D eigenvalue weighted by molar-refractivity contribution is 5.84. The SMILES string of the molecule is CCc1[nH]c(C(=O)O)nc1-c1ccc(F)cc1. The Balaban J connectivity index is 2.50. The molecule has 2 rings (SSSR count). The van der Waals surface area contributed by atoms with Gasteiger partial charge < -0.3 is 10.1 Å². The zero-order chi connectivity index (χ0) is 12.4. The second kappa shape index (κ2) is 4.37. The Morgan fingerprint density at radius 1 is 1.41 bits per heavy atom. The smallest absolute Gasteiger partial charge is 0.371 e. The van der Waals surface area contributed by atoms with Gasteiger partial charge in [-0.05, 0) is 30.7 Å². The predicted octanol–water partition coefficient (Wildman–Crippen LogP) is 2.48. The monoisotopic (exact) mass is 234 g/mol. The Morgan fingerprint density at radius 2 is 2.06 bits per heavy atom. The van der Waals surface area contributed by atoms with Gasteiger partial charge in [-0.1, -0.05) is 6.92 Å². The number of carbonyl (C=O) groups is 1. The van der Waals surface area contributed by atoms with Crippen LogP contribution in [0.2, 0.25) is 0 Å². The molecular formula is C12H11FN2O2. The first-order valence-corrected chi connectivity index (χ1v) is 5.20. The number of aryl methyl sites for hydroxylation is 1. The molecule has 88 valence electrons. The van der Waals surface area contributed by atoms with Gasteiger partial charge in [0, 0.05) is 11.3 Å². The van der Waals surface area contributed by atoms with Crippen LogP contribution in [-0.4, -0.2) is 21.0 Å². The summed E-state index contributed by atoms with van der Waals surface area (Å²) in [5.74, 6) is -1.53.